The van der Waals surface area contributed by atoms with Crippen molar-refractivity contribution in [3.8, 4) is 0 Å². The van der Waals surface area contributed by atoms with Crippen LogP contribution in [0.2, 0.25) is 0 Å². The summed E-state index contributed by atoms with van der Waals surface area (Å²) in [4.78, 5) is 16.3. The van der Waals surface area contributed by atoms with Gasteiger partial charge in [-0.1, -0.05) is 11.3 Å². The molecule has 0 unspecified atom stereocenters. The molecule has 1 aliphatic rings. The molecular formula is C15H18FN5OS. The topological polar surface area (TPSA) is 61.4 Å². The molecule has 0 bridgehead atoms. The van der Waals surface area contributed by atoms with Gasteiger partial charge in [-0.3, -0.25) is 15.0 Å². The number of benzene rings is 1. The van der Waals surface area contributed by atoms with E-state index in [4.69, 9.17) is 0 Å². The number of aryl methyl sites for hydroxylation is 1. The molecule has 1 fully saturated rings. The van der Waals surface area contributed by atoms with Crippen molar-refractivity contribution >= 4 is 28.1 Å². The SMILES string of the molecule is Cc1nnc(NC(=O)CN2CCN(c3ccc(F)cc3)CC2)s1. The molecule has 1 aromatic carbocycles. The monoisotopic (exact) mass is 335 g/mol. The Morgan fingerprint density at radius 2 is 1.91 bits per heavy atom. The first-order valence-corrected chi connectivity index (χ1v) is 8.24. The van der Waals surface area contributed by atoms with Crippen molar-refractivity contribution in [3.05, 3.63) is 35.1 Å². The molecule has 3 rings (SSSR count). The first kappa shape index (κ1) is 15.8. The average molecular weight is 335 g/mol. The number of carbonyl (C=O) groups excluding carboxylic acids is 1. The zero-order valence-electron chi connectivity index (χ0n) is 12.8. The molecule has 8 heteroatoms. The lowest BCUT2D eigenvalue weighted by molar-refractivity contribution is -0.117. The Morgan fingerprint density at radius 3 is 2.52 bits per heavy atom. The minimum Gasteiger partial charge on any atom is -0.369 e. The van der Waals surface area contributed by atoms with Gasteiger partial charge < -0.3 is 4.90 Å². The highest BCUT2D eigenvalue weighted by Gasteiger charge is 2.19. The molecule has 1 aliphatic heterocycles. The molecule has 2 heterocycles. The highest BCUT2D eigenvalue weighted by molar-refractivity contribution is 7.15. The number of rotatable bonds is 4. The van der Waals surface area contributed by atoms with E-state index in [1.165, 1.54) is 23.5 Å². The van der Waals surface area contributed by atoms with E-state index in [0.717, 1.165) is 36.9 Å². The average Bonchev–Trinajstić information content (AvgIpc) is 2.94. The van der Waals surface area contributed by atoms with Gasteiger partial charge in [-0.25, -0.2) is 4.39 Å². The molecule has 6 nitrogen and oxygen atoms in total. The Labute approximate surface area is 137 Å². The first-order chi connectivity index (χ1) is 11.1. The lowest BCUT2D eigenvalue weighted by Crippen LogP contribution is -2.48. The Morgan fingerprint density at radius 1 is 1.22 bits per heavy atom. The van der Waals surface area contributed by atoms with Gasteiger partial charge in [0.1, 0.15) is 10.8 Å². The third-order valence-electron chi connectivity index (χ3n) is 3.70. The summed E-state index contributed by atoms with van der Waals surface area (Å²) in [6.07, 6.45) is 0. The van der Waals surface area contributed by atoms with Gasteiger partial charge in [0.15, 0.2) is 0 Å². The number of nitrogens with one attached hydrogen (secondary N) is 1. The summed E-state index contributed by atoms with van der Waals surface area (Å²) in [6.45, 7) is 5.41. The van der Waals surface area contributed by atoms with Gasteiger partial charge in [0.25, 0.3) is 0 Å². The van der Waals surface area contributed by atoms with Gasteiger partial charge in [-0.2, -0.15) is 0 Å². The van der Waals surface area contributed by atoms with E-state index in [-0.39, 0.29) is 11.7 Å². The van der Waals surface area contributed by atoms with Crippen LogP contribution in [0.4, 0.5) is 15.2 Å². The molecule has 1 amide bonds. The van der Waals surface area contributed by atoms with Crippen LogP contribution < -0.4 is 10.2 Å². The Balaban J connectivity index is 1.47. The zero-order chi connectivity index (χ0) is 16.2. The molecule has 122 valence electrons. The highest BCUT2D eigenvalue weighted by Crippen LogP contribution is 2.17. The van der Waals surface area contributed by atoms with Crippen molar-refractivity contribution < 1.29 is 9.18 Å². The Hall–Kier alpha value is -2.06. The van der Waals surface area contributed by atoms with Crippen molar-refractivity contribution in [1.29, 1.82) is 0 Å². The van der Waals surface area contributed by atoms with Crippen LogP contribution in [0.5, 0.6) is 0 Å². The third-order valence-corrected chi connectivity index (χ3v) is 4.46. The molecule has 2 aromatic rings. The van der Waals surface area contributed by atoms with Crippen LogP contribution in [0, 0.1) is 12.7 Å². The Bertz CT molecular complexity index is 667. The van der Waals surface area contributed by atoms with Crippen LogP contribution in [0.25, 0.3) is 0 Å². The van der Waals surface area contributed by atoms with E-state index in [2.05, 4.69) is 25.3 Å². The van der Waals surface area contributed by atoms with Crippen molar-refractivity contribution in [1.82, 2.24) is 15.1 Å². The van der Waals surface area contributed by atoms with E-state index < -0.39 is 0 Å². The van der Waals surface area contributed by atoms with Gasteiger partial charge in [0, 0.05) is 31.9 Å². The number of piperazine rings is 1. The number of aromatic nitrogens is 2. The van der Waals surface area contributed by atoms with E-state index in [0.29, 0.717) is 11.7 Å². The van der Waals surface area contributed by atoms with Crippen molar-refractivity contribution in [2.75, 3.05) is 42.9 Å². The van der Waals surface area contributed by atoms with Crippen LogP contribution in [0.1, 0.15) is 5.01 Å². The lowest BCUT2D eigenvalue weighted by Gasteiger charge is -2.35. The van der Waals surface area contributed by atoms with Gasteiger partial charge in [0.05, 0.1) is 6.54 Å². The van der Waals surface area contributed by atoms with Crippen molar-refractivity contribution in [2.24, 2.45) is 0 Å². The smallest absolute Gasteiger partial charge is 0.240 e. The zero-order valence-corrected chi connectivity index (χ0v) is 13.6. The number of carbonyl (C=O) groups is 1. The summed E-state index contributed by atoms with van der Waals surface area (Å²) < 4.78 is 13.0. The van der Waals surface area contributed by atoms with Gasteiger partial charge in [0.2, 0.25) is 11.0 Å². The number of nitrogens with zero attached hydrogens (tertiary/aromatic N) is 4. The number of halogens is 1. The molecule has 0 saturated carbocycles. The van der Waals surface area contributed by atoms with Gasteiger partial charge >= 0.3 is 0 Å². The maximum absolute atomic E-state index is 13.0. The van der Waals surface area contributed by atoms with Crippen LogP contribution >= 0.6 is 11.3 Å². The summed E-state index contributed by atoms with van der Waals surface area (Å²) >= 11 is 1.37. The van der Waals surface area contributed by atoms with Crippen molar-refractivity contribution in [2.45, 2.75) is 6.92 Å². The quantitative estimate of drug-likeness (QED) is 0.922. The third kappa shape index (κ3) is 4.23. The standard InChI is InChI=1S/C15H18FN5OS/c1-11-18-19-15(23-11)17-14(22)10-20-6-8-21(9-7-20)13-4-2-12(16)3-5-13/h2-5H,6-10H2,1H3,(H,17,19,22). The van der Waals surface area contributed by atoms with Gasteiger partial charge in [-0.15, -0.1) is 10.2 Å². The summed E-state index contributed by atoms with van der Waals surface area (Å²) in [5.74, 6) is -0.299. The molecule has 0 radical (unpaired) electrons. The molecular weight excluding hydrogens is 317 g/mol. The van der Waals surface area contributed by atoms with Crippen LogP contribution in [0.3, 0.4) is 0 Å². The number of hydrogen-bond donors (Lipinski definition) is 1. The fourth-order valence-electron chi connectivity index (χ4n) is 2.53. The lowest BCUT2D eigenvalue weighted by atomic mass is 10.2. The predicted octanol–water partition coefficient (Wildman–Crippen LogP) is 1.75. The fourth-order valence-corrected chi connectivity index (χ4v) is 3.13. The summed E-state index contributed by atoms with van der Waals surface area (Å²) in [5, 5.41) is 11.9. The van der Waals surface area contributed by atoms with E-state index in [1.807, 2.05) is 6.92 Å². The summed E-state index contributed by atoms with van der Waals surface area (Å²) in [7, 11) is 0. The largest absolute Gasteiger partial charge is 0.369 e. The van der Waals surface area contributed by atoms with E-state index >= 15 is 0 Å². The van der Waals surface area contributed by atoms with Crippen molar-refractivity contribution in [3.63, 3.8) is 0 Å². The molecule has 0 atom stereocenters. The summed E-state index contributed by atoms with van der Waals surface area (Å²) in [5.41, 5.74) is 1.01. The molecule has 0 aliphatic carbocycles. The molecule has 0 spiro atoms. The second-order valence-electron chi connectivity index (χ2n) is 5.41. The number of anilines is 2. The maximum atomic E-state index is 13.0. The van der Waals surface area contributed by atoms with Gasteiger partial charge in [-0.05, 0) is 31.2 Å². The molecule has 23 heavy (non-hydrogen) atoms. The minimum absolute atomic E-state index is 0.0728. The predicted molar refractivity (Wildman–Crippen MR) is 88.3 cm³/mol. The Kier molecular flexibility index (Phi) is 4.82. The normalized spacial score (nSPS) is 15.7. The highest BCUT2D eigenvalue weighted by atomic mass is 32.1. The molecule has 1 N–H and O–H groups in total. The van der Waals surface area contributed by atoms with Crippen LogP contribution in [-0.2, 0) is 4.79 Å². The second kappa shape index (κ2) is 7.01. The minimum atomic E-state index is -0.226. The molecule has 1 saturated heterocycles. The van der Waals surface area contributed by atoms with E-state index in [1.54, 1.807) is 12.1 Å². The number of hydrogen-bond acceptors (Lipinski definition) is 6. The van der Waals surface area contributed by atoms with Crippen LogP contribution in [-0.4, -0.2) is 53.7 Å². The maximum Gasteiger partial charge on any atom is 0.240 e. The molecule has 1 aromatic heterocycles. The van der Waals surface area contributed by atoms with E-state index in [9.17, 15) is 9.18 Å². The second-order valence-corrected chi connectivity index (χ2v) is 6.60. The van der Waals surface area contributed by atoms with Crippen LogP contribution in [0.15, 0.2) is 24.3 Å². The first-order valence-electron chi connectivity index (χ1n) is 7.43. The number of amides is 1. The fraction of sp³-hybridized carbons (Fsp3) is 0.400. The summed E-state index contributed by atoms with van der Waals surface area (Å²) in [6, 6.07) is 6.52.